The second kappa shape index (κ2) is 6.16. The molecular formula is C17H17N5OS. The van der Waals surface area contributed by atoms with Crippen molar-refractivity contribution in [3.63, 3.8) is 0 Å². The third-order valence-electron chi connectivity index (χ3n) is 4.33. The number of amides is 1. The molecule has 0 bridgehead atoms. The van der Waals surface area contributed by atoms with Gasteiger partial charge in [0.15, 0.2) is 5.82 Å². The molecule has 1 aromatic carbocycles. The Morgan fingerprint density at radius 2 is 2.12 bits per heavy atom. The fraction of sp³-hybridized carbons (Fsp3) is 0.294. The number of aryl methyl sites for hydroxylation is 2. The summed E-state index contributed by atoms with van der Waals surface area (Å²) in [6.07, 6.45) is 1.55. The average molecular weight is 339 g/mol. The topological polar surface area (TPSA) is 72.7 Å². The van der Waals surface area contributed by atoms with Crippen LogP contribution in [0.3, 0.4) is 0 Å². The van der Waals surface area contributed by atoms with Gasteiger partial charge in [0, 0.05) is 18.5 Å². The number of carbonyl (C=O) groups is 1. The highest BCUT2D eigenvalue weighted by atomic mass is 32.1. The lowest BCUT2D eigenvalue weighted by Gasteiger charge is -2.23. The summed E-state index contributed by atoms with van der Waals surface area (Å²) in [5, 5.41) is 12.5. The minimum atomic E-state index is -0.0857. The van der Waals surface area contributed by atoms with Crippen molar-refractivity contribution in [2.45, 2.75) is 26.3 Å². The Labute approximate surface area is 143 Å². The maximum Gasteiger partial charge on any atom is 0.229 e. The van der Waals surface area contributed by atoms with Gasteiger partial charge in [0.1, 0.15) is 10.8 Å². The molecule has 122 valence electrons. The van der Waals surface area contributed by atoms with E-state index in [9.17, 15) is 4.79 Å². The summed E-state index contributed by atoms with van der Waals surface area (Å²) in [5.74, 6) is 1.74. The Kier molecular flexibility index (Phi) is 3.86. The van der Waals surface area contributed by atoms with Crippen LogP contribution in [0.1, 0.15) is 17.9 Å². The van der Waals surface area contributed by atoms with E-state index in [1.54, 1.807) is 5.51 Å². The summed E-state index contributed by atoms with van der Waals surface area (Å²) in [7, 11) is 0. The van der Waals surface area contributed by atoms with Crippen LogP contribution in [0.15, 0.2) is 35.8 Å². The first-order chi connectivity index (χ1) is 11.7. The van der Waals surface area contributed by atoms with Crippen molar-refractivity contribution < 1.29 is 4.79 Å². The third-order valence-corrected chi connectivity index (χ3v) is 5.18. The predicted octanol–water partition coefficient (Wildman–Crippen LogP) is 2.91. The molecule has 1 aliphatic rings. The van der Waals surface area contributed by atoms with E-state index < -0.39 is 0 Å². The number of fused-ring (bicyclic) bond motifs is 1. The molecule has 0 saturated heterocycles. The van der Waals surface area contributed by atoms with Gasteiger partial charge in [0.25, 0.3) is 0 Å². The number of nitrogens with zero attached hydrogens (tertiary/aromatic N) is 4. The van der Waals surface area contributed by atoms with E-state index in [1.165, 1.54) is 11.3 Å². The predicted molar refractivity (Wildman–Crippen MR) is 92.7 cm³/mol. The van der Waals surface area contributed by atoms with Gasteiger partial charge in [-0.15, -0.1) is 21.5 Å². The summed E-state index contributed by atoms with van der Waals surface area (Å²) in [5.41, 5.74) is 3.63. The molecule has 6 nitrogen and oxygen atoms in total. The molecule has 0 saturated carbocycles. The molecule has 1 atom stereocenters. The van der Waals surface area contributed by atoms with Crippen molar-refractivity contribution in [3.8, 4) is 11.4 Å². The summed E-state index contributed by atoms with van der Waals surface area (Å²) >= 11 is 1.45. The van der Waals surface area contributed by atoms with Crippen molar-refractivity contribution in [3.05, 3.63) is 47.4 Å². The fourth-order valence-electron chi connectivity index (χ4n) is 2.98. The SMILES string of the molecule is Cc1ncsc1NC(=O)C1CCc2nnc(-c3ccccc3)n2C1. The Morgan fingerprint density at radius 1 is 1.29 bits per heavy atom. The highest BCUT2D eigenvalue weighted by Gasteiger charge is 2.28. The highest BCUT2D eigenvalue weighted by Crippen LogP contribution is 2.27. The van der Waals surface area contributed by atoms with Gasteiger partial charge in [-0.25, -0.2) is 4.98 Å². The van der Waals surface area contributed by atoms with E-state index in [4.69, 9.17) is 0 Å². The molecule has 4 rings (SSSR count). The van der Waals surface area contributed by atoms with Gasteiger partial charge in [0.05, 0.1) is 17.1 Å². The van der Waals surface area contributed by atoms with Crippen molar-refractivity contribution in [2.75, 3.05) is 5.32 Å². The van der Waals surface area contributed by atoms with Gasteiger partial charge in [-0.3, -0.25) is 4.79 Å². The lowest BCUT2D eigenvalue weighted by Crippen LogP contribution is -2.31. The van der Waals surface area contributed by atoms with Gasteiger partial charge >= 0.3 is 0 Å². The largest absolute Gasteiger partial charge is 0.316 e. The zero-order valence-corrected chi connectivity index (χ0v) is 14.1. The van der Waals surface area contributed by atoms with Crippen LogP contribution in [0.5, 0.6) is 0 Å². The van der Waals surface area contributed by atoms with Crippen LogP contribution in [-0.4, -0.2) is 25.7 Å². The van der Waals surface area contributed by atoms with Crippen molar-refractivity contribution in [1.29, 1.82) is 0 Å². The number of carbonyl (C=O) groups excluding carboxylic acids is 1. The van der Waals surface area contributed by atoms with Crippen molar-refractivity contribution in [2.24, 2.45) is 5.92 Å². The van der Waals surface area contributed by atoms with Crippen LogP contribution >= 0.6 is 11.3 Å². The minimum Gasteiger partial charge on any atom is -0.316 e. The fourth-order valence-corrected chi connectivity index (χ4v) is 3.68. The zero-order chi connectivity index (χ0) is 16.5. The van der Waals surface area contributed by atoms with Gasteiger partial charge in [-0.1, -0.05) is 30.3 Å². The Balaban J connectivity index is 1.56. The summed E-state index contributed by atoms with van der Waals surface area (Å²) in [6.45, 7) is 2.51. The molecule has 0 fully saturated rings. The third kappa shape index (κ3) is 2.71. The number of nitrogens with one attached hydrogen (secondary N) is 1. The summed E-state index contributed by atoms with van der Waals surface area (Å²) in [6, 6.07) is 9.97. The number of thiazole rings is 1. The Hall–Kier alpha value is -2.54. The quantitative estimate of drug-likeness (QED) is 0.796. The highest BCUT2D eigenvalue weighted by molar-refractivity contribution is 7.14. The number of benzene rings is 1. The van der Waals surface area contributed by atoms with Crippen LogP contribution in [-0.2, 0) is 17.8 Å². The second-order valence-corrected chi connectivity index (χ2v) is 6.76. The maximum atomic E-state index is 12.6. The molecule has 1 N–H and O–H groups in total. The molecule has 7 heteroatoms. The van der Waals surface area contributed by atoms with Crippen LogP contribution < -0.4 is 5.32 Å². The Bertz CT molecular complexity index is 870. The number of aromatic nitrogens is 4. The maximum absolute atomic E-state index is 12.6. The number of rotatable bonds is 3. The molecule has 3 aromatic rings. The first kappa shape index (κ1) is 15.0. The van der Waals surface area contributed by atoms with E-state index in [1.807, 2.05) is 37.3 Å². The lowest BCUT2D eigenvalue weighted by atomic mass is 9.98. The average Bonchev–Trinajstić information content (AvgIpc) is 3.21. The zero-order valence-electron chi connectivity index (χ0n) is 13.3. The molecule has 1 amide bonds. The van der Waals surface area contributed by atoms with Gasteiger partial charge in [0.2, 0.25) is 5.91 Å². The number of anilines is 1. The van der Waals surface area contributed by atoms with E-state index >= 15 is 0 Å². The normalized spacial score (nSPS) is 16.6. The first-order valence-corrected chi connectivity index (χ1v) is 8.79. The van der Waals surface area contributed by atoms with E-state index in [2.05, 4.69) is 25.1 Å². The van der Waals surface area contributed by atoms with E-state index in [0.29, 0.717) is 6.54 Å². The monoisotopic (exact) mass is 339 g/mol. The van der Waals surface area contributed by atoms with Crippen LogP contribution in [0.4, 0.5) is 5.00 Å². The molecule has 0 spiro atoms. The second-order valence-electron chi connectivity index (χ2n) is 5.91. The molecule has 0 aliphatic carbocycles. The van der Waals surface area contributed by atoms with Gasteiger partial charge in [-0.05, 0) is 13.3 Å². The molecule has 2 aromatic heterocycles. The van der Waals surface area contributed by atoms with Crippen LogP contribution in [0.2, 0.25) is 0 Å². The molecule has 1 unspecified atom stereocenters. The van der Waals surface area contributed by atoms with Gasteiger partial charge in [-0.2, -0.15) is 0 Å². The number of hydrogen-bond donors (Lipinski definition) is 1. The summed E-state index contributed by atoms with van der Waals surface area (Å²) < 4.78 is 2.07. The smallest absolute Gasteiger partial charge is 0.229 e. The molecule has 1 aliphatic heterocycles. The van der Waals surface area contributed by atoms with Crippen molar-refractivity contribution in [1.82, 2.24) is 19.7 Å². The van der Waals surface area contributed by atoms with E-state index in [0.717, 1.165) is 40.7 Å². The van der Waals surface area contributed by atoms with Crippen LogP contribution in [0.25, 0.3) is 11.4 Å². The van der Waals surface area contributed by atoms with E-state index in [-0.39, 0.29) is 11.8 Å². The van der Waals surface area contributed by atoms with Gasteiger partial charge < -0.3 is 9.88 Å². The molecular weight excluding hydrogens is 322 g/mol. The van der Waals surface area contributed by atoms with Crippen molar-refractivity contribution >= 4 is 22.2 Å². The molecule has 3 heterocycles. The Morgan fingerprint density at radius 3 is 2.88 bits per heavy atom. The first-order valence-electron chi connectivity index (χ1n) is 7.91. The molecule has 0 radical (unpaired) electrons. The summed E-state index contributed by atoms with van der Waals surface area (Å²) in [4.78, 5) is 16.8. The standard InChI is InChI=1S/C17H17N5OS/c1-11-17(24-10-18-11)19-16(23)13-7-8-14-20-21-15(22(14)9-13)12-5-3-2-4-6-12/h2-6,10,13H,7-9H2,1H3,(H,19,23). The molecule has 24 heavy (non-hydrogen) atoms. The number of hydrogen-bond acceptors (Lipinski definition) is 5. The lowest BCUT2D eigenvalue weighted by molar-refractivity contribution is -0.120. The minimum absolute atomic E-state index is 0.0423. The van der Waals surface area contributed by atoms with Crippen LogP contribution in [0, 0.1) is 12.8 Å².